The van der Waals surface area contributed by atoms with Crippen molar-refractivity contribution in [2.45, 2.75) is 45.4 Å². The summed E-state index contributed by atoms with van der Waals surface area (Å²) in [6.07, 6.45) is 6.32. The summed E-state index contributed by atoms with van der Waals surface area (Å²) in [6, 6.07) is 0. The van der Waals surface area contributed by atoms with Gasteiger partial charge in [-0.3, -0.25) is 14.4 Å². The predicted molar refractivity (Wildman–Crippen MR) is 81.4 cm³/mol. The first kappa shape index (κ1) is 17.3. The Kier molecular flexibility index (Phi) is 7.36. The summed E-state index contributed by atoms with van der Waals surface area (Å²) in [5.74, 6) is 0.800. The molecule has 0 amide bonds. The second-order valence-corrected chi connectivity index (χ2v) is 7.89. The van der Waals surface area contributed by atoms with Crippen molar-refractivity contribution in [2.75, 3.05) is 18.1 Å². The Morgan fingerprint density at radius 2 is 2.05 bits per heavy atom. The first-order valence-electron chi connectivity index (χ1n) is 6.96. The minimum Gasteiger partial charge on any atom is -0.259 e. The number of hydrogen-bond donors (Lipinski definition) is 0. The number of nitro groups is 1. The lowest BCUT2D eigenvalue weighted by atomic mass is 10.2. The van der Waals surface area contributed by atoms with Gasteiger partial charge in [-0.15, -0.1) is 11.8 Å². The van der Waals surface area contributed by atoms with Crippen molar-refractivity contribution >= 4 is 21.8 Å². The summed E-state index contributed by atoms with van der Waals surface area (Å²) in [6.45, 7) is 2.46. The summed E-state index contributed by atoms with van der Waals surface area (Å²) in [5, 5.41) is 10.8. The van der Waals surface area contributed by atoms with E-state index in [1.807, 2.05) is 0 Å². The van der Waals surface area contributed by atoms with Crippen molar-refractivity contribution in [3.8, 4) is 0 Å². The molecule has 0 aromatic carbocycles. The van der Waals surface area contributed by atoms with Gasteiger partial charge in [0, 0.05) is 12.3 Å². The lowest BCUT2D eigenvalue weighted by Gasteiger charge is -2.28. The lowest BCUT2D eigenvalue weighted by molar-refractivity contribution is -0.403. The van der Waals surface area contributed by atoms with Crippen molar-refractivity contribution < 1.29 is 13.3 Å². The normalized spacial score (nSPS) is 18.4. The van der Waals surface area contributed by atoms with E-state index in [0.29, 0.717) is 13.0 Å². The number of nitrogens with zero attached hydrogens (tertiary/aromatic N) is 2. The molecule has 0 atom stereocenters. The highest BCUT2D eigenvalue weighted by Gasteiger charge is 2.29. The molecular weight excluding hydrogens is 300 g/mol. The maximum absolute atomic E-state index is 12.3. The van der Waals surface area contributed by atoms with Gasteiger partial charge >= 0.3 is 0 Å². The first-order valence-corrected chi connectivity index (χ1v) is 9.55. The molecule has 0 N–H and O–H groups in total. The van der Waals surface area contributed by atoms with Crippen molar-refractivity contribution in [2.24, 2.45) is 0 Å². The van der Waals surface area contributed by atoms with Gasteiger partial charge in [0.25, 0.3) is 6.20 Å². The SMILES string of the molecule is CCCCCCCS(=O)(=O)N1CCCSC1=C[N+](=O)[O-]. The fraction of sp³-hybridized carbons (Fsp3) is 0.833. The molecule has 6 nitrogen and oxygen atoms in total. The Labute approximate surface area is 124 Å². The molecule has 1 rings (SSSR count). The molecule has 0 saturated carbocycles. The smallest absolute Gasteiger partial charge is 0.259 e. The van der Waals surface area contributed by atoms with E-state index in [9.17, 15) is 18.5 Å². The zero-order valence-electron chi connectivity index (χ0n) is 11.8. The molecule has 0 bridgehead atoms. The molecule has 1 fully saturated rings. The van der Waals surface area contributed by atoms with Crippen molar-refractivity contribution in [3.63, 3.8) is 0 Å². The highest BCUT2D eigenvalue weighted by molar-refractivity contribution is 8.04. The lowest BCUT2D eigenvalue weighted by Crippen LogP contribution is -2.35. The van der Waals surface area contributed by atoms with Gasteiger partial charge in [-0.2, -0.15) is 0 Å². The second-order valence-electron chi connectivity index (χ2n) is 4.76. The number of sulfonamides is 1. The molecule has 116 valence electrons. The van der Waals surface area contributed by atoms with Crippen molar-refractivity contribution in [3.05, 3.63) is 21.3 Å². The second kappa shape index (κ2) is 8.51. The maximum atomic E-state index is 12.3. The van der Waals surface area contributed by atoms with Crippen molar-refractivity contribution in [1.82, 2.24) is 4.31 Å². The molecular formula is C12H22N2O4S2. The molecule has 0 unspecified atom stereocenters. The molecule has 1 aliphatic heterocycles. The fourth-order valence-corrected chi connectivity index (χ4v) is 4.93. The van der Waals surface area contributed by atoms with Crippen molar-refractivity contribution in [1.29, 1.82) is 0 Å². The minimum atomic E-state index is -3.43. The Bertz CT molecular complexity index is 448. The van der Waals surface area contributed by atoms with Crippen LogP contribution in [0.4, 0.5) is 0 Å². The Hall–Kier alpha value is -0.760. The van der Waals surface area contributed by atoms with Crippen LogP contribution in [-0.4, -0.2) is 35.7 Å². The van der Waals surface area contributed by atoms with Crippen LogP contribution in [0.1, 0.15) is 45.4 Å². The van der Waals surface area contributed by atoms with Gasteiger partial charge in [0.05, 0.1) is 10.7 Å². The Morgan fingerprint density at radius 3 is 2.70 bits per heavy atom. The first-order chi connectivity index (χ1) is 9.47. The van der Waals surface area contributed by atoms with Crippen LogP contribution in [0.3, 0.4) is 0 Å². The number of rotatable bonds is 8. The average molecular weight is 322 g/mol. The Morgan fingerprint density at radius 1 is 1.35 bits per heavy atom. The summed E-state index contributed by atoms with van der Waals surface area (Å²) >= 11 is 1.24. The average Bonchev–Trinajstić information content (AvgIpc) is 2.38. The zero-order chi connectivity index (χ0) is 15.0. The topological polar surface area (TPSA) is 80.5 Å². The van der Waals surface area contributed by atoms with Gasteiger partial charge in [-0.25, -0.2) is 8.42 Å². The van der Waals surface area contributed by atoms with Gasteiger partial charge in [0.15, 0.2) is 5.03 Å². The van der Waals surface area contributed by atoms with E-state index in [1.54, 1.807) is 0 Å². The third-order valence-electron chi connectivity index (χ3n) is 3.06. The van der Waals surface area contributed by atoms with Gasteiger partial charge in [-0.05, 0) is 12.8 Å². The zero-order valence-corrected chi connectivity index (χ0v) is 13.4. The van der Waals surface area contributed by atoms with Crippen LogP contribution in [-0.2, 0) is 10.0 Å². The minimum absolute atomic E-state index is 0.0757. The summed E-state index contributed by atoms with van der Waals surface area (Å²) in [7, 11) is -3.43. The van der Waals surface area contributed by atoms with E-state index in [1.165, 1.54) is 16.1 Å². The largest absolute Gasteiger partial charge is 0.265 e. The van der Waals surface area contributed by atoms with Gasteiger partial charge in [0.2, 0.25) is 10.0 Å². The van der Waals surface area contributed by atoms with Crippen LogP contribution in [0.15, 0.2) is 11.2 Å². The van der Waals surface area contributed by atoms with E-state index in [-0.39, 0.29) is 10.8 Å². The molecule has 0 radical (unpaired) electrons. The number of hydrogen-bond acceptors (Lipinski definition) is 5. The van der Waals surface area contributed by atoms with E-state index in [2.05, 4.69) is 6.92 Å². The molecule has 20 heavy (non-hydrogen) atoms. The summed E-state index contributed by atoms with van der Waals surface area (Å²) < 4.78 is 25.7. The third-order valence-corrected chi connectivity index (χ3v) is 6.14. The Balaban J connectivity index is 2.61. The van der Waals surface area contributed by atoms with E-state index < -0.39 is 14.9 Å². The molecule has 0 aromatic rings. The monoisotopic (exact) mass is 322 g/mol. The molecule has 1 saturated heterocycles. The standard InChI is InChI=1S/C12H22N2O4S2/c1-2-3-4-5-6-10-20(17,18)13-8-7-9-19-12(13)11-14(15)16/h11H,2-10H2,1H3. The molecule has 8 heteroatoms. The summed E-state index contributed by atoms with van der Waals surface area (Å²) in [5.41, 5.74) is 0. The van der Waals surface area contributed by atoms with Gasteiger partial charge in [0.1, 0.15) is 0 Å². The highest BCUT2D eigenvalue weighted by atomic mass is 32.2. The van der Waals surface area contributed by atoms with Crippen LogP contribution < -0.4 is 0 Å². The van der Waals surface area contributed by atoms with Gasteiger partial charge < -0.3 is 0 Å². The van der Waals surface area contributed by atoms with Gasteiger partial charge in [-0.1, -0.05) is 32.6 Å². The quantitative estimate of drug-likeness (QED) is 0.390. The summed E-state index contributed by atoms with van der Waals surface area (Å²) in [4.78, 5) is 9.98. The van der Waals surface area contributed by atoms with Crippen LogP contribution >= 0.6 is 11.8 Å². The molecule has 1 heterocycles. The molecule has 0 spiro atoms. The van der Waals surface area contributed by atoms with E-state index >= 15 is 0 Å². The van der Waals surface area contributed by atoms with E-state index in [0.717, 1.165) is 44.1 Å². The fourth-order valence-electron chi connectivity index (χ4n) is 2.03. The molecule has 1 aliphatic rings. The van der Waals surface area contributed by atoms with Crippen LogP contribution in [0.2, 0.25) is 0 Å². The predicted octanol–water partition coefficient (Wildman–Crippen LogP) is 2.80. The van der Waals surface area contributed by atoms with Crippen LogP contribution in [0.5, 0.6) is 0 Å². The molecule has 0 aromatic heterocycles. The molecule has 0 aliphatic carbocycles. The van der Waals surface area contributed by atoms with E-state index in [4.69, 9.17) is 0 Å². The van der Waals surface area contributed by atoms with Crippen LogP contribution in [0, 0.1) is 10.1 Å². The number of thioether (sulfide) groups is 1. The highest BCUT2D eigenvalue weighted by Crippen LogP contribution is 2.29. The van der Waals surface area contributed by atoms with Crippen LogP contribution in [0.25, 0.3) is 0 Å². The number of unbranched alkanes of at least 4 members (excludes halogenated alkanes) is 4. The third kappa shape index (κ3) is 5.70. The maximum Gasteiger partial charge on any atom is 0.265 e.